The molecule has 1 N–H and O–H groups in total. The summed E-state index contributed by atoms with van der Waals surface area (Å²) in [4.78, 5) is 19.0. The lowest BCUT2D eigenvalue weighted by atomic mass is 9.98. The first-order valence-corrected chi connectivity index (χ1v) is 9.40. The molecule has 4 rings (SSSR count). The summed E-state index contributed by atoms with van der Waals surface area (Å²) in [5.41, 5.74) is 0.0592. The predicted octanol–water partition coefficient (Wildman–Crippen LogP) is 5.28. The van der Waals surface area contributed by atoms with E-state index in [1.54, 1.807) is 37.4 Å². The second-order valence-corrected chi connectivity index (χ2v) is 6.90. The first kappa shape index (κ1) is 20.6. The Morgan fingerprint density at radius 3 is 2.61 bits per heavy atom. The number of pyridine rings is 1. The molecular formula is C22H17F4N3O2. The van der Waals surface area contributed by atoms with Gasteiger partial charge in [0.25, 0.3) is 5.91 Å². The number of anilines is 2. The predicted molar refractivity (Wildman–Crippen MR) is 107 cm³/mol. The average Bonchev–Trinajstić information content (AvgIpc) is 2.75. The van der Waals surface area contributed by atoms with Crippen LogP contribution in [0.1, 0.15) is 21.5 Å². The highest BCUT2D eigenvalue weighted by Gasteiger charge is 2.31. The molecule has 0 unspecified atom stereocenters. The molecule has 0 saturated heterocycles. The molecule has 0 saturated carbocycles. The molecule has 0 fully saturated rings. The molecule has 0 spiro atoms. The number of halogens is 4. The summed E-state index contributed by atoms with van der Waals surface area (Å²) in [6.45, 7) is 0.444. The minimum Gasteiger partial charge on any atom is -0.454 e. The minimum atomic E-state index is -4.65. The number of carbonyl (C=O) groups excluding carboxylic acids is 1. The molecular weight excluding hydrogens is 414 g/mol. The Labute approximate surface area is 175 Å². The molecule has 1 amide bonds. The highest BCUT2D eigenvalue weighted by atomic mass is 19.4. The zero-order valence-electron chi connectivity index (χ0n) is 16.3. The summed E-state index contributed by atoms with van der Waals surface area (Å²) >= 11 is 0. The highest BCUT2D eigenvalue weighted by Crippen LogP contribution is 2.34. The number of alkyl halides is 3. The van der Waals surface area contributed by atoms with Gasteiger partial charge in [0.15, 0.2) is 11.6 Å². The summed E-state index contributed by atoms with van der Waals surface area (Å²) in [6, 6.07) is 12.0. The molecule has 160 valence electrons. The number of ether oxygens (including phenoxy) is 1. The fourth-order valence-electron chi connectivity index (χ4n) is 3.33. The third-order valence-electron chi connectivity index (χ3n) is 4.92. The summed E-state index contributed by atoms with van der Waals surface area (Å²) in [7, 11) is 1.73. The van der Waals surface area contributed by atoms with E-state index >= 15 is 0 Å². The van der Waals surface area contributed by atoms with Crippen LogP contribution in [-0.4, -0.2) is 24.5 Å². The highest BCUT2D eigenvalue weighted by molar-refractivity contribution is 6.08. The van der Waals surface area contributed by atoms with Crippen LogP contribution in [0.15, 0.2) is 54.6 Å². The van der Waals surface area contributed by atoms with Crippen LogP contribution in [-0.2, 0) is 12.6 Å². The van der Waals surface area contributed by atoms with Crippen LogP contribution >= 0.6 is 0 Å². The number of hydrogen-bond donors (Lipinski definition) is 1. The summed E-state index contributed by atoms with van der Waals surface area (Å²) in [5, 5.41) is 2.92. The smallest absolute Gasteiger partial charge is 0.416 e. The molecule has 1 aliphatic rings. The van der Waals surface area contributed by atoms with Crippen LogP contribution in [0.25, 0.3) is 0 Å². The number of hydrogen-bond acceptors (Lipinski definition) is 4. The Morgan fingerprint density at radius 1 is 1.10 bits per heavy atom. The Balaban J connectivity index is 1.60. The number of benzene rings is 2. The SMILES string of the molecule is CNc1cccc(N2CCc3ccc(Oc4ccc(C(F)(F)F)cc4F)cc3C2=O)n1. The van der Waals surface area contributed by atoms with E-state index < -0.39 is 17.6 Å². The second kappa shape index (κ2) is 7.90. The van der Waals surface area contributed by atoms with Gasteiger partial charge >= 0.3 is 6.18 Å². The van der Waals surface area contributed by atoms with Crippen molar-refractivity contribution in [2.24, 2.45) is 0 Å². The van der Waals surface area contributed by atoms with Crippen molar-refractivity contribution in [2.75, 3.05) is 23.8 Å². The van der Waals surface area contributed by atoms with E-state index in [-0.39, 0.29) is 17.4 Å². The van der Waals surface area contributed by atoms with Gasteiger partial charge in [0, 0.05) is 19.2 Å². The van der Waals surface area contributed by atoms with Crippen LogP contribution in [0.5, 0.6) is 11.5 Å². The molecule has 0 radical (unpaired) electrons. The minimum absolute atomic E-state index is 0.143. The van der Waals surface area contributed by atoms with Crippen molar-refractivity contribution in [3.8, 4) is 11.5 Å². The molecule has 0 bridgehead atoms. The molecule has 0 aliphatic carbocycles. The van der Waals surface area contributed by atoms with Gasteiger partial charge in [-0.3, -0.25) is 9.69 Å². The molecule has 0 atom stereocenters. The van der Waals surface area contributed by atoms with E-state index in [4.69, 9.17) is 4.74 Å². The number of amides is 1. The lowest BCUT2D eigenvalue weighted by Gasteiger charge is -2.28. The summed E-state index contributed by atoms with van der Waals surface area (Å²) in [5.74, 6) is -0.552. The van der Waals surface area contributed by atoms with Gasteiger partial charge in [-0.25, -0.2) is 9.37 Å². The van der Waals surface area contributed by atoms with E-state index in [9.17, 15) is 22.4 Å². The van der Waals surface area contributed by atoms with Crippen LogP contribution in [0.4, 0.5) is 29.2 Å². The molecule has 2 heterocycles. The normalized spacial score (nSPS) is 13.7. The van der Waals surface area contributed by atoms with Gasteiger partial charge < -0.3 is 10.1 Å². The van der Waals surface area contributed by atoms with Gasteiger partial charge in [-0.2, -0.15) is 13.2 Å². The molecule has 3 aromatic rings. The molecule has 9 heteroatoms. The first-order chi connectivity index (χ1) is 14.8. The third kappa shape index (κ3) is 4.16. The van der Waals surface area contributed by atoms with E-state index in [0.717, 1.165) is 17.7 Å². The van der Waals surface area contributed by atoms with Crippen molar-refractivity contribution in [1.82, 2.24) is 4.98 Å². The molecule has 1 aromatic heterocycles. The van der Waals surface area contributed by atoms with Gasteiger partial charge in [-0.1, -0.05) is 12.1 Å². The topological polar surface area (TPSA) is 54.5 Å². The van der Waals surface area contributed by atoms with Gasteiger partial charge in [-0.05, 0) is 54.4 Å². The van der Waals surface area contributed by atoms with E-state index in [1.807, 2.05) is 0 Å². The Morgan fingerprint density at radius 2 is 1.90 bits per heavy atom. The fraction of sp³-hybridized carbons (Fsp3) is 0.182. The van der Waals surface area contributed by atoms with Crippen molar-refractivity contribution in [3.63, 3.8) is 0 Å². The summed E-state index contributed by atoms with van der Waals surface area (Å²) in [6.07, 6.45) is -4.07. The fourth-order valence-corrected chi connectivity index (χ4v) is 3.33. The van der Waals surface area contributed by atoms with Crippen LogP contribution in [0.3, 0.4) is 0 Å². The van der Waals surface area contributed by atoms with Gasteiger partial charge in [0.2, 0.25) is 0 Å². The molecule has 5 nitrogen and oxygen atoms in total. The van der Waals surface area contributed by atoms with Gasteiger partial charge in [-0.15, -0.1) is 0 Å². The zero-order valence-corrected chi connectivity index (χ0v) is 16.3. The number of rotatable bonds is 4. The van der Waals surface area contributed by atoms with Crippen molar-refractivity contribution >= 4 is 17.5 Å². The lowest BCUT2D eigenvalue weighted by Crippen LogP contribution is -2.38. The maximum Gasteiger partial charge on any atom is 0.416 e. The monoisotopic (exact) mass is 431 g/mol. The van der Waals surface area contributed by atoms with Crippen molar-refractivity contribution in [1.29, 1.82) is 0 Å². The van der Waals surface area contributed by atoms with Gasteiger partial charge in [0.1, 0.15) is 17.4 Å². The third-order valence-corrected chi connectivity index (χ3v) is 4.92. The maximum atomic E-state index is 14.1. The number of fused-ring (bicyclic) bond motifs is 1. The lowest BCUT2D eigenvalue weighted by molar-refractivity contribution is -0.137. The van der Waals surface area contributed by atoms with Crippen molar-refractivity contribution < 1.29 is 27.1 Å². The van der Waals surface area contributed by atoms with Crippen LogP contribution < -0.4 is 15.0 Å². The molecule has 1 aliphatic heterocycles. The quantitative estimate of drug-likeness (QED) is 0.572. The Bertz CT molecular complexity index is 1150. The number of carbonyl (C=O) groups is 1. The zero-order chi connectivity index (χ0) is 22.2. The number of nitrogens with one attached hydrogen (secondary N) is 1. The van der Waals surface area contributed by atoms with E-state index in [2.05, 4.69) is 10.3 Å². The average molecular weight is 431 g/mol. The van der Waals surface area contributed by atoms with Crippen LogP contribution in [0, 0.1) is 5.82 Å². The summed E-state index contributed by atoms with van der Waals surface area (Å²) < 4.78 is 57.7. The largest absolute Gasteiger partial charge is 0.454 e. The van der Waals surface area contributed by atoms with Crippen molar-refractivity contribution in [3.05, 3.63) is 77.1 Å². The van der Waals surface area contributed by atoms with Crippen molar-refractivity contribution in [2.45, 2.75) is 12.6 Å². The van der Waals surface area contributed by atoms with Crippen LogP contribution in [0.2, 0.25) is 0 Å². The standard InChI is InChI=1S/C22H17F4N3O2/c1-27-19-3-2-4-20(28-19)29-10-9-13-5-7-15(12-16(13)21(29)30)31-18-8-6-14(11-17(18)23)22(24,25)26/h2-8,11-12H,9-10H2,1H3,(H,27,28). The second-order valence-electron chi connectivity index (χ2n) is 6.90. The Kier molecular flexibility index (Phi) is 5.26. The number of nitrogens with zero attached hydrogens (tertiary/aromatic N) is 2. The Hall–Kier alpha value is -3.62. The molecule has 31 heavy (non-hydrogen) atoms. The first-order valence-electron chi connectivity index (χ1n) is 9.40. The number of aromatic nitrogens is 1. The van der Waals surface area contributed by atoms with E-state index in [1.165, 1.54) is 11.0 Å². The maximum absolute atomic E-state index is 14.1. The molecule has 2 aromatic carbocycles. The van der Waals surface area contributed by atoms with E-state index in [0.29, 0.717) is 36.2 Å². The van der Waals surface area contributed by atoms with Gasteiger partial charge in [0.05, 0.1) is 5.56 Å².